The normalized spacial score (nSPS) is 9.41. The first-order valence-corrected chi connectivity index (χ1v) is 5.71. The molecule has 0 aliphatic rings. The maximum Gasteiger partial charge on any atom is 0.170 e. The number of rotatable bonds is 5. The molecule has 0 aliphatic heterocycles. The summed E-state index contributed by atoms with van der Waals surface area (Å²) in [5.74, 6) is 0. The molecule has 0 bridgehead atoms. The minimum atomic E-state index is 0.575. The van der Waals surface area contributed by atoms with Gasteiger partial charge in [-0.15, -0.1) is 0 Å². The van der Waals surface area contributed by atoms with Crippen molar-refractivity contribution in [1.82, 2.24) is 5.32 Å². The van der Waals surface area contributed by atoms with Crippen molar-refractivity contribution in [2.75, 3.05) is 25.6 Å². The molecule has 0 fully saturated rings. The van der Waals surface area contributed by atoms with E-state index in [1.54, 1.807) is 19.2 Å². The summed E-state index contributed by atoms with van der Waals surface area (Å²) in [6.45, 7) is 1.49. The molecule has 0 saturated carbocycles. The minimum absolute atomic E-state index is 0.575. The van der Waals surface area contributed by atoms with Gasteiger partial charge in [0.05, 0.1) is 11.6 Å². The predicted octanol–water partition coefficient (Wildman–Crippen LogP) is 1.88. The van der Waals surface area contributed by atoms with Gasteiger partial charge in [-0.2, -0.15) is 5.26 Å². The Kier molecular flexibility index (Phi) is 6.00. The molecule has 5 heteroatoms. The Morgan fingerprint density at radius 3 is 2.71 bits per heavy atom. The first-order valence-electron chi connectivity index (χ1n) is 5.30. The number of thiocarbonyl (C=S) groups is 1. The molecule has 2 N–H and O–H groups in total. The second kappa shape index (κ2) is 7.60. The predicted molar refractivity (Wildman–Crippen MR) is 71.9 cm³/mol. The Bertz CT molecular complexity index is 397. The fourth-order valence-corrected chi connectivity index (χ4v) is 1.44. The van der Waals surface area contributed by atoms with Crippen molar-refractivity contribution in [3.63, 3.8) is 0 Å². The van der Waals surface area contributed by atoms with Crippen LogP contribution in [-0.4, -0.2) is 25.4 Å². The average Bonchev–Trinajstić information content (AvgIpc) is 2.36. The number of hydrogen-bond acceptors (Lipinski definition) is 3. The van der Waals surface area contributed by atoms with Crippen LogP contribution >= 0.6 is 12.2 Å². The van der Waals surface area contributed by atoms with Gasteiger partial charge in [0, 0.05) is 25.9 Å². The molecular weight excluding hydrogens is 234 g/mol. The van der Waals surface area contributed by atoms with Crippen molar-refractivity contribution in [3.05, 3.63) is 29.8 Å². The average molecular weight is 249 g/mol. The van der Waals surface area contributed by atoms with Crippen LogP contribution in [0.2, 0.25) is 0 Å². The molecule has 1 rings (SSSR count). The maximum absolute atomic E-state index is 8.66. The van der Waals surface area contributed by atoms with Crippen LogP contribution in [0.1, 0.15) is 12.0 Å². The molecule has 17 heavy (non-hydrogen) atoms. The number of methoxy groups -OCH3 is 1. The van der Waals surface area contributed by atoms with Gasteiger partial charge in [-0.05, 0) is 42.9 Å². The fraction of sp³-hybridized carbons (Fsp3) is 0.333. The van der Waals surface area contributed by atoms with Crippen LogP contribution in [0, 0.1) is 11.3 Å². The van der Waals surface area contributed by atoms with Gasteiger partial charge >= 0.3 is 0 Å². The van der Waals surface area contributed by atoms with Gasteiger partial charge in [0.2, 0.25) is 0 Å². The summed E-state index contributed by atoms with van der Waals surface area (Å²) >= 11 is 5.12. The molecule has 0 unspecified atom stereocenters. The third-order valence-electron chi connectivity index (χ3n) is 2.08. The van der Waals surface area contributed by atoms with E-state index in [-0.39, 0.29) is 0 Å². The molecule has 0 aliphatic carbocycles. The second-order valence-corrected chi connectivity index (χ2v) is 3.82. The lowest BCUT2D eigenvalue weighted by Gasteiger charge is -2.10. The SMILES string of the molecule is COCCCNC(=S)Nc1ccc(C#N)cc1. The largest absolute Gasteiger partial charge is 0.385 e. The van der Waals surface area contributed by atoms with Crippen LogP contribution in [0.25, 0.3) is 0 Å². The van der Waals surface area contributed by atoms with Gasteiger partial charge in [-0.3, -0.25) is 0 Å². The Hall–Kier alpha value is -1.64. The van der Waals surface area contributed by atoms with E-state index in [0.717, 1.165) is 18.7 Å². The van der Waals surface area contributed by atoms with Gasteiger partial charge < -0.3 is 15.4 Å². The van der Waals surface area contributed by atoms with E-state index in [2.05, 4.69) is 16.7 Å². The van der Waals surface area contributed by atoms with Crippen molar-refractivity contribution in [2.24, 2.45) is 0 Å². The first-order chi connectivity index (χ1) is 8.26. The number of nitriles is 1. The highest BCUT2D eigenvalue weighted by Gasteiger charge is 1.97. The Morgan fingerprint density at radius 1 is 1.41 bits per heavy atom. The summed E-state index contributed by atoms with van der Waals surface area (Å²) in [6.07, 6.45) is 0.908. The van der Waals surface area contributed by atoms with Crippen LogP contribution in [0.4, 0.5) is 5.69 Å². The molecule has 0 amide bonds. The zero-order chi connectivity index (χ0) is 12.5. The molecule has 1 aromatic carbocycles. The highest BCUT2D eigenvalue weighted by Crippen LogP contribution is 2.08. The van der Waals surface area contributed by atoms with Crippen molar-refractivity contribution in [3.8, 4) is 6.07 Å². The summed E-state index contributed by atoms with van der Waals surface area (Å²) in [5, 5.41) is 15.3. The zero-order valence-corrected chi connectivity index (χ0v) is 10.5. The van der Waals surface area contributed by atoms with Crippen LogP contribution < -0.4 is 10.6 Å². The van der Waals surface area contributed by atoms with Crippen LogP contribution in [-0.2, 0) is 4.74 Å². The van der Waals surface area contributed by atoms with Gasteiger partial charge in [0.1, 0.15) is 0 Å². The molecule has 0 atom stereocenters. The lowest BCUT2D eigenvalue weighted by molar-refractivity contribution is 0.196. The highest BCUT2D eigenvalue weighted by atomic mass is 32.1. The van der Waals surface area contributed by atoms with Crippen molar-refractivity contribution >= 4 is 23.0 Å². The minimum Gasteiger partial charge on any atom is -0.385 e. The summed E-state index contributed by atoms with van der Waals surface area (Å²) in [5.41, 5.74) is 1.50. The maximum atomic E-state index is 8.66. The van der Waals surface area contributed by atoms with E-state index in [1.807, 2.05) is 12.1 Å². The zero-order valence-electron chi connectivity index (χ0n) is 9.69. The van der Waals surface area contributed by atoms with Gasteiger partial charge in [-0.1, -0.05) is 0 Å². The van der Waals surface area contributed by atoms with Gasteiger partial charge in [-0.25, -0.2) is 0 Å². The quantitative estimate of drug-likeness (QED) is 0.616. The summed E-state index contributed by atoms with van der Waals surface area (Å²) < 4.78 is 4.93. The Balaban J connectivity index is 2.32. The van der Waals surface area contributed by atoms with Gasteiger partial charge in [0.15, 0.2) is 5.11 Å². The molecule has 0 saturated heterocycles. The lowest BCUT2D eigenvalue weighted by Crippen LogP contribution is -2.29. The van der Waals surface area contributed by atoms with E-state index < -0.39 is 0 Å². The van der Waals surface area contributed by atoms with Gasteiger partial charge in [0.25, 0.3) is 0 Å². The Labute approximate surface area is 107 Å². The standard InChI is InChI=1S/C12H15N3OS/c1-16-8-2-7-14-12(17)15-11-5-3-10(9-13)4-6-11/h3-6H,2,7-8H2,1H3,(H2,14,15,17). The van der Waals surface area contributed by atoms with Crippen LogP contribution in [0.5, 0.6) is 0 Å². The summed E-state index contributed by atoms with van der Waals surface area (Å²) in [6, 6.07) is 9.20. The molecule has 0 heterocycles. The first kappa shape index (κ1) is 13.4. The lowest BCUT2D eigenvalue weighted by atomic mass is 10.2. The number of anilines is 1. The topological polar surface area (TPSA) is 57.1 Å². The van der Waals surface area contributed by atoms with E-state index >= 15 is 0 Å². The monoisotopic (exact) mass is 249 g/mol. The van der Waals surface area contributed by atoms with E-state index in [0.29, 0.717) is 17.3 Å². The molecule has 4 nitrogen and oxygen atoms in total. The summed E-state index contributed by atoms with van der Waals surface area (Å²) in [7, 11) is 1.67. The van der Waals surface area contributed by atoms with Crippen molar-refractivity contribution in [1.29, 1.82) is 5.26 Å². The van der Waals surface area contributed by atoms with Crippen molar-refractivity contribution in [2.45, 2.75) is 6.42 Å². The van der Waals surface area contributed by atoms with Crippen molar-refractivity contribution < 1.29 is 4.74 Å². The number of hydrogen-bond donors (Lipinski definition) is 2. The molecule has 90 valence electrons. The highest BCUT2D eigenvalue weighted by molar-refractivity contribution is 7.80. The van der Waals surface area contributed by atoms with Crippen LogP contribution in [0.3, 0.4) is 0 Å². The summed E-state index contributed by atoms with van der Waals surface area (Å²) in [4.78, 5) is 0. The number of benzene rings is 1. The van der Waals surface area contributed by atoms with E-state index in [1.165, 1.54) is 0 Å². The third-order valence-corrected chi connectivity index (χ3v) is 2.33. The van der Waals surface area contributed by atoms with Crippen LogP contribution in [0.15, 0.2) is 24.3 Å². The van der Waals surface area contributed by atoms with E-state index in [4.69, 9.17) is 22.2 Å². The van der Waals surface area contributed by atoms with E-state index in [9.17, 15) is 0 Å². The molecule has 0 spiro atoms. The fourth-order valence-electron chi connectivity index (χ4n) is 1.22. The third kappa shape index (κ3) is 5.29. The number of nitrogens with zero attached hydrogens (tertiary/aromatic N) is 1. The molecular formula is C12H15N3OS. The number of nitrogens with one attached hydrogen (secondary N) is 2. The number of ether oxygens (including phenoxy) is 1. The smallest absolute Gasteiger partial charge is 0.170 e. The Morgan fingerprint density at radius 2 is 2.12 bits per heavy atom. The molecule has 0 radical (unpaired) electrons. The second-order valence-electron chi connectivity index (χ2n) is 3.42. The molecule has 0 aromatic heterocycles. The molecule has 1 aromatic rings.